The number of benzene rings is 1. The third-order valence-electron chi connectivity index (χ3n) is 3.84. The molecule has 0 radical (unpaired) electrons. The predicted octanol–water partition coefficient (Wildman–Crippen LogP) is 2.55. The van der Waals surface area contributed by atoms with Gasteiger partial charge in [0.15, 0.2) is 5.82 Å². The Morgan fingerprint density at radius 1 is 1.26 bits per heavy atom. The zero-order valence-electron chi connectivity index (χ0n) is 15.5. The summed E-state index contributed by atoms with van der Waals surface area (Å²) in [5, 5.41) is 14.2. The van der Waals surface area contributed by atoms with Crippen LogP contribution in [0, 0.1) is 11.3 Å². The average Bonchev–Trinajstić information content (AvgIpc) is 2.61. The summed E-state index contributed by atoms with van der Waals surface area (Å²) in [6.45, 7) is 2.61. The van der Waals surface area contributed by atoms with E-state index in [4.69, 9.17) is 10.5 Å². The van der Waals surface area contributed by atoms with Crippen LogP contribution in [0.3, 0.4) is 0 Å². The molecule has 0 saturated carbocycles. The summed E-state index contributed by atoms with van der Waals surface area (Å²) in [6, 6.07) is 9.57. The zero-order valence-corrected chi connectivity index (χ0v) is 15.5. The fourth-order valence-corrected chi connectivity index (χ4v) is 2.73. The maximum absolute atomic E-state index is 9.25. The summed E-state index contributed by atoms with van der Waals surface area (Å²) in [5.41, 5.74) is 6.78. The number of rotatable bonds is 6. The predicted molar refractivity (Wildman–Crippen MR) is 105 cm³/mol. The van der Waals surface area contributed by atoms with Gasteiger partial charge in [0.2, 0.25) is 5.69 Å². The molecule has 0 aliphatic carbocycles. The zero-order chi connectivity index (χ0) is 19.4. The molecule has 138 valence electrons. The SMILES string of the molecule is C[C@H](CN(C)C)Oc1nc(Nc2cc3cccc(N)c3cn2)cnc1C#N. The van der Waals surface area contributed by atoms with E-state index in [2.05, 4.69) is 20.3 Å². The summed E-state index contributed by atoms with van der Waals surface area (Å²) in [4.78, 5) is 14.9. The van der Waals surface area contributed by atoms with Crippen molar-refractivity contribution in [1.29, 1.82) is 5.26 Å². The second-order valence-electron chi connectivity index (χ2n) is 6.47. The molecule has 0 spiro atoms. The molecule has 0 bridgehead atoms. The molecule has 1 atom stereocenters. The van der Waals surface area contributed by atoms with Crippen LogP contribution in [0.1, 0.15) is 12.6 Å². The maximum atomic E-state index is 9.25. The van der Waals surface area contributed by atoms with Crippen molar-refractivity contribution in [2.75, 3.05) is 31.7 Å². The first-order valence-corrected chi connectivity index (χ1v) is 8.46. The lowest BCUT2D eigenvalue weighted by Gasteiger charge is -2.18. The van der Waals surface area contributed by atoms with Gasteiger partial charge in [-0.15, -0.1) is 0 Å². The number of hydrogen-bond donors (Lipinski definition) is 2. The first-order chi connectivity index (χ1) is 13.0. The number of ether oxygens (including phenoxy) is 1. The Hall–Kier alpha value is -3.44. The van der Waals surface area contributed by atoms with Crippen molar-refractivity contribution in [2.45, 2.75) is 13.0 Å². The van der Waals surface area contributed by atoms with Gasteiger partial charge in [-0.2, -0.15) is 10.2 Å². The Kier molecular flexibility index (Phi) is 5.33. The van der Waals surface area contributed by atoms with Gasteiger partial charge in [-0.25, -0.2) is 9.97 Å². The van der Waals surface area contributed by atoms with Crippen LogP contribution in [-0.2, 0) is 0 Å². The van der Waals surface area contributed by atoms with E-state index in [1.807, 2.05) is 56.3 Å². The molecule has 0 aliphatic heterocycles. The summed E-state index contributed by atoms with van der Waals surface area (Å²) in [7, 11) is 3.90. The van der Waals surface area contributed by atoms with E-state index in [1.165, 1.54) is 6.20 Å². The Balaban J connectivity index is 1.85. The van der Waals surface area contributed by atoms with Gasteiger partial charge in [0, 0.05) is 23.8 Å². The minimum atomic E-state index is -0.140. The van der Waals surface area contributed by atoms with Crippen LogP contribution in [0.5, 0.6) is 5.88 Å². The quantitative estimate of drug-likeness (QED) is 0.642. The minimum Gasteiger partial charge on any atom is -0.471 e. The monoisotopic (exact) mass is 363 g/mol. The van der Waals surface area contributed by atoms with Gasteiger partial charge >= 0.3 is 0 Å². The Morgan fingerprint density at radius 3 is 2.81 bits per heavy atom. The summed E-state index contributed by atoms with van der Waals surface area (Å²) in [5.74, 6) is 1.23. The van der Waals surface area contributed by atoms with Crippen LogP contribution in [0.4, 0.5) is 17.3 Å². The number of nitrogens with two attached hydrogens (primary N) is 1. The number of nitrogens with one attached hydrogen (secondary N) is 1. The second kappa shape index (κ2) is 7.85. The second-order valence-corrected chi connectivity index (χ2v) is 6.47. The number of nitrogen functional groups attached to an aromatic ring is 1. The third-order valence-corrected chi connectivity index (χ3v) is 3.84. The van der Waals surface area contributed by atoms with Gasteiger partial charge in [0.1, 0.15) is 18.0 Å². The number of hydrogen-bond acceptors (Lipinski definition) is 8. The number of fused-ring (bicyclic) bond motifs is 1. The van der Waals surface area contributed by atoms with Crippen molar-refractivity contribution in [3.05, 3.63) is 42.4 Å². The van der Waals surface area contributed by atoms with E-state index in [0.717, 1.165) is 10.8 Å². The highest BCUT2D eigenvalue weighted by atomic mass is 16.5. The molecule has 0 aliphatic rings. The lowest BCUT2D eigenvalue weighted by molar-refractivity contribution is 0.169. The van der Waals surface area contributed by atoms with Crippen LogP contribution in [0.25, 0.3) is 10.8 Å². The highest BCUT2D eigenvalue weighted by molar-refractivity contribution is 5.93. The van der Waals surface area contributed by atoms with Crippen molar-refractivity contribution in [3.8, 4) is 11.9 Å². The summed E-state index contributed by atoms with van der Waals surface area (Å²) in [6.07, 6.45) is 3.05. The van der Waals surface area contributed by atoms with E-state index < -0.39 is 0 Å². The summed E-state index contributed by atoms with van der Waals surface area (Å²) < 4.78 is 5.80. The van der Waals surface area contributed by atoms with Gasteiger partial charge < -0.3 is 20.7 Å². The average molecular weight is 363 g/mol. The van der Waals surface area contributed by atoms with Crippen LogP contribution < -0.4 is 15.8 Å². The molecule has 2 heterocycles. The fourth-order valence-electron chi connectivity index (χ4n) is 2.73. The minimum absolute atomic E-state index is 0.140. The smallest absolute Gasteiger partial charge is 0.253 e. The highest BCUT2D eigenvalue weighted by Crippen LogP contribution is 2.24. The number of aromatic nitrogens is 3. The third kappa shape index (κ3) is 4.40. The molecular weight excluding hydrogens is 342 g/mol. The van der Waals surface area contributed by atoms with Gasteiger partial charge in [0.05, 0.1) is 6.20 Å². The van der Waals surface area contributed by atoms with E-state index >= 15 is 0 Å². The number of nitriles is 1. The van der Waals surface area contributed by atoms with Crippen molar-refractivity contribution >= 4 is 28.1 Å². The number of anilines is 3. The molecular formula is C19H21N7O. The normalized spacial score (nSPS) is 12.0. The van der Waals surface area contributed by atoms with Crippen molar-refractivity contribution in [2.24, 2.45) is 0 Å². The van der Waals surface area contributed by atoms with Crippen molar-refractivity contribution < 1.29 is 4.74 Å². The molecule has 0 saturated heterocycles. The fraction of sp³-hybridized carbons (Fsp3) is 0.263. The first-order valence-electron chi connectivity index (χ1n) is 8.46. The highest BCUT2D eigenvalue weighted by Gasteiger charge is 2.14. The molecule has 3 aromatic rings. The van der Waals surface area contributed by atoms with Crippen LogP contribution in [-0.4, -0.2) is 46.6 Å². The van der Waals surface area contributed by atoms with Gasteiger partial charge in [-0.1, -0.05) is 12.1 Å². The van der Waals surface area contributed by atoms with Gasteiger partial charge in [0.25, 0.3) is 5.88 Å². The van der Waals surface area contributed by atoms with Gasteiger partial charge in [-0.3, -0.25) is 0 Å². The van der Waals surface area contributed by atoms with E-state index in [0.29, 0.717) is 23.9 Å². The Morgan fingerprint density at radius 2 is 2.07 bits per heavy atom. The topological polar surface area (TPSA) is 113 Å². The van der Waals surface area contributed by atoms with E-state index in [9.17, 15) is 5.26 Å². The van der Waals surface area contributed by atoms with E-state index in [1.54, 1.807) is 6.20 Å². The number of pyridine rings is 1. The molecule has 27 heavy (non-hydrogen) atoms. The lowest BCUT2D eigenvalue weighted by Crippen LogP contribution is -2.28. The summed E-state index contributed by atoms with van der Waals surface area (Å²) >= 11 is 0. The molecule has 3 N–H and O–H groups in total. The van der Waals surface area contributed by atoms with Gasteiger partial charge in [-0.05, 0) is 38.5 Å². The van der Waals surface area contributed by atoms with Crippen LogP contribution in [0.2, 0.25) is 0 Å². The first kappa shape index (κ1) is 18.4. The largest absolute Gasteiger partial charge is 0.471 e. The number of likely N-dealkylation sites (N-methyl/N-ethyl adjacent to an activating group) is 1. The van der Waals surface area contributed by atoms with Crippen LogP contribution in [0.15, 0.2) is 36.7 Å². The lowest BCUT2D eigenvalue weighted by atomic mass is 10.1. The Bertz CT molecular complexity index is 997. The van der Waals surface area contributed by atoms with E-state index in [-0.39, 0.29) is 17.7 Å². The molecule has 0 fully saturated rings. The number of nitrogens with zero attached hydrogens (tertiary/aromatic N) is 5. The molecule has 8 heteroatoms. The van der Waals surface area contributed by atoms with Crippen molar-refractivity contribution in [3.63, 3.8) is 0 Å². The van der Waals surface area contributed by atoms with Crippen LogP contribution >= 0.6 is 0 Å². The maximum Gasteiger partial charge on any atom is 0.253 e. The standard InChI is InChI=1S/C19H21N7O/c1-12(11-26(2)3)27-19-16(8-20)22-10-18(25-19)24-17-7-13-5-4-6-15(21)14(13)9-23-17/h4-7,9-10,12H,11,21H2,1-3H3,(H,23,24,25)/t12-/m1/s1. The molecule has 8 nitrogen and oxygen atoms in total. The molecule has 3 rings (SSSR count). The Labute approximate surface area is 157 Å². The molecule has 1 aromatic carbocycles. The molecule has 0 amide bonds. The molecule has 0 unspecified atom stereocenters. The molecule has 2 aromatic heterocycles. The van der Waals surface area contributed by atoms with Crippen molar-refractivity contribution in [1.82, 2.24) is 19.9 Å².